The normalized spacial score (nSPS) is 15.4. The Balaban J connectivity index is 1.53. The largest absolute Gasteiger partial charge is 0.383 e. The molecule has 1 aliphatic heterocycles. The van der Waals surface area contributed by atoms with Crippen LogP contribution in [0.15, 0.2) is 41.2 Å². The van der Waals surface area contributed by atoms with E-state index in [-0.39, 0.29) is 11.6 Å². The van der Waals surface area contributed by atoms with E-state index in [0.717, 1.165) is 42.6 Å². The highest BCUT2D eigenvalue weighted by Crippen LogP contribution is 2.30. The van der Waals surface area contributed by atoms with Gasteiger partial charge >= 0.3 is 0 Å². The Morgan fingerprint density at radius 1 is 1.00 bits per heavy atom. The predicted molar refractivity (Wildman–Crippen MR) is 145 cm³/mol. The van der Waals surface area contributed by atoms with Crippen molar-refractivity contribution in [2.75, 3.05) is 44.8 Å². The first-order valence-electron chi connectivity index (χ1n) is 12.8. The summed E-state index contributed by atoms with van der Waals surface area (Å²) >= 11 is 0. The van der Waals surface area contributed by atoms with E-state index >= 15 is 0 Å². The molecule has 0 unspecified atom stereocenters. The fourth-order valence-electron chi connectivity index (χ4n) is 5.24. The first kappa shape index (κ1) is 25.1. The van der Waals surface area contributed by atoms with Crippen molar-refractivity contribution in [1.29, 1.82) is 0 Å². The molecule has 4 aromatic rings. The van der Waals surface area contributed by atoms with Gasteiger partial charge in [0.2, 0.25) is 0 Å². The molecule has 194 valence electrons. The van der Waals surface area contributed by atoms with Gasteiger partial charge in [0.05, 0.1) is 13.2 Å². The molecule has 1 aliphatic rings. The van der Waals surface area contributed by atoms with E-state index in [9.17, 15) is 4.79 Å². The van der Waals surface area contributed by atoms with Crippen LogP contribution in [0, 0.1) is 27.7 Å². The number of ether oxygens (including phenoxy) is 1. The summed E-state index contributed by atoms with van der Waals surface area (Å²) in [5.74, 6) is 0.658. The van der Waals surface area contributed by atoms with E-state index in [4.69, 9.17) is 4.74 Å². The number of anilines is 1. The van der Waals surface area contributed by atoms with Crippen molar-refractivity contribution in [3.63, 3.8) is 0 Å². The summed E-state index contributed by atoms with van der Waals surface area (Å²) in [7, 11) is 1.66. The van der Waals surface area contributed by atoms with E-state index in [1.807, 2.05) is 12.1 Å². The number of piperazine rings is 1. The van der Waals surface area contributed by atoms with Crippen LogP contribution in [0.5, 0.6) is 0 Å². The zero-order valence-corrected chi connectivity index (χ0v) is 22.3. The van der Waals surface area contributed by atoms with Gasteiger partial charge in [0.15, 0.2) is 5.82 Å². The van der Waals surface area contributed by atoms with Crippen molar-refractivity contribution in [3.05, 3.63) is 80.4 Å². The quantitative estimate of drug-likeness (QED) is 0.415. The molecule has 0 spiro atoms. The van der Waals surface area contributed by atoms with E-state index in [0.29, 0.717) is 24.5 Å². The highest BCUT2D eigenvalue weighted by Gasteiger charge is 2.33. The number of tetrazole rings is 1. The van der Waals surface area contributed by atoms with Gasteiger partial charge in [0, 0.05) is 50.1 Å². The average Bonchev–Trinajstić information content (AvgIpc) is 3.34. The Bertz CT molecular complexity index is 1470. The number of nitrogens with one attached hydrogen (secondary N) is 1. The standard InChI is InChI=1S/C28H35N7O2/c1-18-7-6-8-25(21(18)4)33-9-11-34(12-10-33)26(27-30-31-32-35(27)13-14-37-5)23-17-22-15-19(2)20(3)16-24(22)29-28(23)36/h6-8,15-17,26H,9-14H2,1-5H3,(H,29,36)/t26-/m0/s1. The van der Waals surface area contributed by atoms with E-state index < -0.39 is 0 Å². The summed E-state index contributed by atoms with van der Waals surface area (Å²) in [6, 6.07) is 12.3. The fraction of sp³-hybridized carbons (Fsp3) is 0.429. The highest BCUT2D eigenvalue weighted by molar-refractivity contribution is 5.81. The highest BCUT2D eigenvalue weighted by atomic mass is 16.5. The summed E-state index contributed by atoms with van der Waals surface area (Å²) in [5, 5.41) is 13.6. The minimum Gasteiger partial charge on any atom is -0.383 e. The summed E-state index contributed by atoms with van der Waals surface area (Å²) in [4.78, 5) is 21.4. The molecule has 0 amide bonds. The molecular formula is C28H35N7O2. The number of fused-ring (bicyclic) bond motifs is 1. The Morgan fingerprint density at radius 2 is 1.76 bits per heavy atom. The Hall–Kier alpha value is -3.56. The van der Waals surface area contributed by atoms with Gasteiger partial charge in [-0.3, -0.25) is 9.69 Å². The van der Waals surface area contributed by atoms with Crippen molar-refractivity contribution in [1.82, 2.24) is 30.1 Å². The number of aromatic amines is 1. The summed E-state index contributed by atoms with van der Waals surface area (Å²) in [5.41, 5.74) is 7.61. The van der Waals surface area contributed by atoms with Crippen LogP contribution in [0.25, 0.3) is 10.9 Å². The van der Waals surface area contributed by atoms with E-state index in [2.05, 4.69) is 82.3 Å². The zero-order valence-electron chi connectivity index (χ0n) is 22.3. The van der Waals surface area contributed by atoms with Crippen LogP contribution >= 0.6 is 0 Å². The predicted octanol–water partition coefficient (Wildman–Crippen LogP) is 3.31. The van der Waals surface area contributed by atoms with E-state index in [1.165, 1.54) is 22.4 Å². The molecule has 1 saturated heterocycles. The third-order valence-corrected chi connectivity index (χ3v) is 7.69. The van der Waals surface area contributed by atoms with Gasteiger partial charge < -0.3 is 14.6 Å². The third kappa shape index (κ3) is 4.89. The number of aryl methyl sites for hydroxylation is 3. The van der Waals surface area contributed by atoms with Crippen LogP contribution < -0.4 is 10.5 Å². The maximum Gasteiger partial charge on any atom is 0.253 e. The van der Waals surface area contributed by atoms with Crippen molar-refractivity contribution in [2.24, 2.45) is 0 Å². The molecule has 1 atom stereocenters. The van der Waals surface area contributed by atoms with Gasteiger partial charge in [-0.2, -0.15) is 0 Å². The molecular weight excluding hydrogens is 466 g/mol. The molecule has 3 heterocycles. The second kappa shape index (κ2) is 10.4. The molecule has 0 aliphatic carbocycles. The molecule has 1 N–H and O–H groups in total. The van der Waals surface area contributed by atoms with E-state index in [1.54, 1.807) is 11.8 Å². The lowest BCUT2D eigenvalue weighted by Gasteiger charge is -2.40. The molecule has 2 aromatic heterocycles. The first-order chi connectivity index (χ1) is 17.9. The Kier molecular flexibility index (Phi) is 7.08. The van der Waals surface area contributed by atoms with Gasteiger partial charge in [-0.1, -0.05) is 12.1 Å². The van der Waals surface area contributed by atoms with Crippen molar-refractivity contribution < 1.29 is 4.74 Å². The van der Waals surface area contributed by atoms with Crippen LogP contribution in [-0.4, -0.2) is 70.0 Å². The number of aromatic nitrogens is 5. The average molecular weight is 502 g/mol. The molecule has 0 radical (unpaired) electrons. The van der Waals surface area contributed by atoms with Crippen LogP contribution in [-0.2, 0) is 11.3 Å². The molecule has 37 heavy (non-hydrogen) atoms. The summed E-state index contributed by atoms with van der Waals surface area (Å²) in [6.45, 7) is 12.7. The number of pyridine rings is 1. The molecule has 0 bridgehead atoms. The van der Waals surface area contributed by atoms with Gasteiger partial charge in [-0.25, -0.2) is 4.68 Å². The van der Waals surface area contributed by atoms with Gasteiger partial charge in [0.25, 0.3) is 5.56 Å². The number of nitrogens with zero attached hydrogens (tertiary/aromatic N) is 6. The second-order valence-corrected chi connectivity index (χ2v) is 9.98. The number of rotatable bonds is 7. The first-order valence-corrected chi connectivity index (χ1v) is 12.8. The molecule has 2 aromatic carbocycles. The SMILES string of the molecule is COCCn1nnnc1[C@H](c1cc2cc(C)c(C)cc2[nH]c1=O)N1CCN(c2cccc(C)c2C)CC1. The molecule has 1 fully saturated rings. The van der Waals surface area contributed by atoms with Crippen molar-refractivity contribution in [3.8, 4) is 0 Å². The number of hydrogen-bond acceptors (Lipinski definition) is 7. The van der Waals surface area contributed by atoms with Crippen molar-refractivity contribution >= 4 is 16.6 Å². The third-order valence-electron chi connectivity index (χ3n) is 7.69. The Labute approximate surface area is 217 Å². The lowest BCUT2D eigenvalue weighted by molar-refractivity contribution is 0.171. The monoisotopic (exact) mass is 501 g/mol. The maximum atomic E-state index is 13.5. The van der Waals surface area contributed by atoms with Crippen LogP contribution in [0.4, 0.5) is 5.69 Å². The Morgan fingerprint density at radius 3 is 2.51 bits per heavy atom. The topological polar surface area (TPSA) is 92.2 Å². The zero-order chi connectivity index (χ0) is 26.1. The molecule has 5 rings (SSSR count). The summed E-state index contributed by atoms with van der Waals surface area (Å²) in [6.07, 6.45) is 0. The van der Waals surface area contributed by atoms with Gasteiger partial charge in [0.1, 0.15) is 6.04 Å². The minimum atomic E-state index is -0.373. The maximum absolute atomic E-state index is 13.5. The van der Waals surface area contributed by atoms with Crippen LogP contribution in [0.3, 0.4) is 0 Å². The number of H-pyrrole nitrogens is 1. The van der Waals surface area contributed by atoms with Crippen molar-refractivity contribution in [2.45, 2.75) is 40.3 Å². The molecule has 9 heteroatoms. The van der Waals surface area contributed by atoms with Gasteiger partial charge in [-0.05, 0) is 90.0 Å². The number of methoxy groups -OCH3 is 1. The molecule has 9 nitrogen and oxygen atoms in total. The lowest BCUT2D eigenvalue weighted by Crippen LogP contribution is -2.49. The van der Waals surface area contributed by atoms with Crippen LogP contribution in [0.2, 0.25) is 0 Å². The lowest BCUT2D eigenvalue weighted by atomic mass is 10.00. The number of benzene rings is 2. The molecule has 0 saturated carbocycles. The van der Waals surface area contributed by atoms with Gasteiger partial charge in [-0.15, -0.1) is 5.10 Å². The summed E-state index contributed by atoms with van der Waals surface area (Å²) < 4.78 is 7.05. The fourth-order valence-corrected chi connectivity index (χ4v) is 5.24. The van der Waals surface area contributed by atoms with Crippen LogP contribution in [0.1, 0.15) is 39.7 Å². The minimum absolute atomic E-state index is 0.112. The second-order valence-electron chi connectivity index (χ2n) is 9.98. The number of hydrogen-bond donors (Lipinski definition) is 1. The smallest absolute Gasteiger partial charge is 0.253 e.